The van der Waals surface area contributed by atoms with Crippen LogP contribution in [-0.4, -0.2) is 34.6 Å². The van der Waals surface area contributed by atoms with Crippen molar-refractivity contribution in [2.75, 3.05) is 14.1 Å². The molecule has 0 bridgehead atoms. The molecule has 0 fully saturated rings. The Hall–Kier alpha value is -1.85. The normalized spacial score (nSPS) is 16.1. The van der Waals surface area contributed by atoms with Crippen molar-refractivity contribution >= 4 is 16.9 Å². The second kappa shape index (κ2) is 5.74. The zero-order chi connectivity index (χ0) is 15.9. The van der Waals surface area contributed by atoms with Gasteiger partial charge in [0.25, 0.3) is 0 Å². The van der Waals surface area contributed by atoms with Crippen LogP contribution in [-0.2, 0) is 24.4 Å². The molecule has 0 saturated carbocycles. The molecule has 0 amide bonds. The topological polar surface area (TPSA) is 57.5 Å². The molecule has 22 heavy (non-hydrogen) atoms. The number of carboxylic acids is 1. The largest absolute Gasteiger partial charge is 0.480 e. The Kier molecular flexibility index (Phi) is 3.93. The number of nitrogens with one attached hydrogen (secondary N) is 1. The summed E-state index contributed by atoms with van der Waals surface area (Å²) in [6, 6.07) is 3.75. The van der Waals surface area contributed by atoms with E-state index in [1.54, 1.807) is 7.05 Å². The molecule has 0 spiro atoms. The zero-order valence-corrected chi connectivity index (χ0v) is 13.4. The Bertz CT molecular complexity index is 720. The summed E-state index contributed by atoms with van der Waals surface area (Å²) in [7, 11) is 3.81. The van der Waals surface area contributed by atoms with E-state index in [0.29, 0.717) is 0 Å². The fourth-order valence-corrected chi connectivity index (χ4v) is 3.45. The summed E-state index contributed by atoms with van der Waals surface area (Å²) in [6.07, 6.45) is 3.03. The highest BCUT2D eigenvalue weighted by Gasteiger charge is 2.25. The van der Waals surface area contributed by atoms with Crippen molar-refractivity contribution < 1.29 is 9.90 Å². The van der Waals surface area contributed by atoms with E-state index in [1.165, 1.54) is 11.1 Å². The highest BCUT2D eigenvalue weighted by molar-refractivity contribution is 5.91. The fourth-order valence-electron chi connectivity index (χ4n) is 3.45. The van der Waals surface area contributed by atoms with Gasteiger partial charge >= 0.3 is 5.97 Å². The number of aliphatic carboxylic acids is 1. The molecule has 3 rings (SSSR count). The van der Waals surface area contributed by atoms with E-state index in [0.717, 1.165) is 42.5 Å². The number of hydrogen-bond acceptors (Lipinski definition) is 3. The molecule has 0 radical (unpaired) electrons. The van der Waals surface area contributed by atoms with E-state index in [-0.39, 0.29) is 0 Å². The predicted octanol–water partition coefficient (Wildman–Crippen LogP) is 2.34. The van der Waals surface area contributed by atoms with E-state index < -0.39 is 12.0 Å². The summed E-state index contributed by atoms with van der Waals surface area (Å²) in [5.41, 5.74) is 4.67. The van der Waals surface area contributed by atoms with Crippen LogP contribution in [0.1, 0.15) is 36.1 Å². The van der Waals surface area contributed by atoms with Gasteiger partial charge in [-0.2, -0.15) is 0 Å². The number of nitrogens with zero attached hydrogens (tertiary/aromatic N) is 2. The summed E-state index contributed by atoms with van der Waals surface area (Å²) >= 11 is 0. The van der Waals surface area contributed by atoms with E-state index in [2.05, 4.69) is 40.9 Å². The molecule has 2 heterocycles. The molecule has 1 aromatic carbocycles. The van der Waals surface area contributed by atoms with Gasteiger partial charge in [0.15, 0.2) is 0 Å². The van der Waals surface area contributed by atoms with Crippen molar-refractivity contribution in [2.45, 2.75) is 39.0 Å². The second-order valence-corrected chi connectivity index (χ2v) is 6.15. The molecule has 5 heteroatoms. The first-order valence-corrected chi connectivity index (χ1v) is 7.78. The maximum absolute atomic E-state index is 11.5. The Morgan fingerprint density at radius 2 is 2.05 bits per heavy atom. The van der Waals surface area contributed by atoms with Crippen LogP contribution in [0.4, 0.5) is 0 Å². The molecule has 0 saturated heterocycles. The Labute approximate surface area is 130 Å². The Morgan fingerprint density at radius 3 is 2.64 bits per heavy atom. The van der Waals surface area contributed by atoms with Crippen LogP contribution < -0.4 is 5.32 Å². The SMILES string of the molecule is CCCn1cc(C(NC)C(=O)O)c2cc3c(cc21)CN(C)C3. The van der Waals surface area contributed by atoms with Crippen LogP contribution in [0.3, 0.4) is 0 Å². The predicted molar refractivity (Wildman–Crippen MR) is 86.8 cm³/mol. The van der Waals surface area contributed by atoms with Crippen LogP contribution in [0.2, 0.25) is 0 Å². The van der Waals surface area contributed by atoms with Gasteiger partial charge in [0, 0.05) is 42.3 Å². The quantitative estimate of drug-likeness (QED) is 0.890. The second-order valence-electron chi connectivity index (χ2n) is 6.15. The maximum Gasteiger partial charge on any atom is 0.325 e. The zero-order valence-electron chi connectivity index (χ0n) is 13.4. The highest BCUT2D eigenvalue weighted by atomic mass is 16.4. The molecule has 5 nitrogen and oxygen atoms in total. The summed E-state index contributed by atoms with van der Waals surface area (Å²) in [6.45, 7) is 4.94. The van der Waals surface area contributed by atoms with Gasteiger partial charge in [-0.05, 0) is 43.8 Å². The van der Waals surface area contributed by atoms with E-state index >= 15 is 0 Å². The number of aromatic nitrogens is 1. The minimum atomic E-state index is -0.837. The summed E-state index contributed by atoms with van der Waals surface area (Å²) in [4.78, 5) is 13.8. The molecule has 0 aliphatic carbocycles. The monoisotopic (exact) mass is 301 g/mol. The van der Waals surface area contributed by atoms with Crippen molar-refractivity contribution in [2.24, 2.45) is 0 Å². The maximum atomic E-state index is 11.5. The molecular weight excluding hydrogens is 278 g/mol. The van der Waals surface area contributed by atoms with Crippen LogP contribution in [0.5, 0.6) is 0 Å². The lowest BCUT2D eigenvalue weighted by Crippen LogP contribution is -2.24. The first-order chi connectivity index (χ1) is 10.5. The lowest BCUT2D eigenvalue weighted by molar-refractivity contribution is -0.139. The first-order valence-electron chi connectivity index (χ1n) is 7.78. The van der Waals surface area contributed by atoms with Crippen molar-refractivity contribution in [3.63, 3.8) is 0 Å². The van der Waals surface area contributed by atoms with Crippen LogP contribution in [0.25, 0.3) is 10.9 Å². The highest BCUT2D eigenvalue weighted by Crippen LogP contribution is 2.33. The Morgan fingerprint density at radius 1 is 1.36 bits per heavy atom. The molecule has 1 aromatic heterocycles. The van der Waals surface area contributed by atoms with Gasteiger partial charge < -0.3 is 15.0 Å². The van der Waals surface area contributed by atoms with Gasteiger partial charge in [-0.15, -0.1) is 0 Å². The standard InChI is InChI=1S/C17H23N3O2/c1-4-5-20-10-14(16(18-2)17(21)22)13-6-11-8-19(3)9-12(11)7-15(13)20/h6-7,10,16,18H,4-5,8-9H2,1-3H3,(H,21,22). The van der Waals surface area contributed by atoms with Gasteiger partial charge in [-0.1, -0.05) is 6.92 Å². The number of fused-ring (bicyclic) bond motifs is 2. The van der Waals surface area contributed by atoms with Crippen molar-refractivity contribution in [1.29, 1.82) is 0 Å². The molecule has 1 aliphatic rings. The lowest BCUT2D eigenvalue weighted by Gasteiger charge is -2.10. The average molecular weight is 301 g/mol. The van der Waals surface area contributed by atoms with E-state index in [4.69, 9.17) is 0 Å². The fraction of sp³-hybridized carbons (Fsp3) is 0.471. The van der Waals surface area contributed by atoms with E-state index in [9.17, 15) is 9.90 Å². The number of carbonyl (C=O) groups is 1. The van der Waals surface area contributed by atoms with Crippen molar-refractivity contribution in [1.82, 2.24) is 14.8 Å². The summed E-state index contributed by atoms with van der Waals surface area (Å²) in [5.74, 6) is -0.837. The van der Waals surface area contributed by atoms with Crippen LogP contribution >= 0.6 is 0 Å². The average Bonchev–Trinajstić information content (AvgIpc) is 2.98. The minimum Gasteiger partial charge on any atom is -0.480 e. The summed E-state index contributed by atoms with van der Waals surface area (Å²) in [5, 5.41) is 13.5. The third kappa shape index (κ3) is 2.40. The number of likely N-dealkylation sites (N-methyl/N-ethyl adjacent to an activating group) is 1. The number of rotatable bonds is 5. The van der Waals surface area contributed by atoms with Gasteiger partial charge in [-0.3, -0.25) is 9.69 Å². The van der Waals surface area contributed by atoms with E-state index in [1.807, 2.05) is 6.20 Å². The minimum absolute atomic E-state index is 0.669. The number of carboxylic acid groups (broad SMARTS) is 1. The molecule has 1 aliphatic heterocycles. The molecule has 118 valence electrons. The molecule has 2 aromatic rings. The number of benzene rings is 1. The van der Waals surface area contributed by atoms with Crippen LogP contribution in [0, 0.1) is 0 Å². The number of aryl methyl sites for hydroxylation is 1. The first kappa shape index (κ1) is 15.1. The summed E-state index contributed by atoms with van der Waals surface area (Å²) < 4.78 is 2.19. The molecular formula is C17H23N3O2. The van der Waals surface area contributed by atoms with Gasteiger partial charge in [0.2, 0.25) is 0 Å². The third-order valence-electron chi connectivity index (χ3n) is 4.42. The number of hydrogen-bond donors (Lipinski definition) is 2. The van der Waals surface area contributed by atoms with Gasteiger partial charge in [0.1, 0.15) is 6.04 Å². The van der Waals surface area contributed by atoms with Crippen molar-refractivity contribution in [3.05, 3.63) is 35.0 Å². The lowest BCUT2D eigenvalue weighted by atomic mass is 10.0. The Balaban J connectivity index is 2.20. The van der Waals surface area contributed by atoms with Gasteiger partial charge in [0.05, 0.1) is 0 Å². The molecule has 2 N–H and O–H groups in total. The molecule has 1 unspecified atom stereocenters. The molecule has 1 atom stereocenters. The third-order valence-corrected chi connectivity index (χ3v) is 4.42. The van der Waals surface area contributed by atoms with Crippen LogP contribution in [0.15, 0.2) is 18.3 Å². The van der Waals surface area contributed by atoms with Crippen molar-refractivity contribution in [3.8, 4) is 0 Å². The smallest absolute Gasteiger partial charge is 0.325 e. The van der Waals surface area contributed by atoms with Gasteiger partial charge in [-0.25, -0.2) is 0 Å².